The first-order valence-electron chi connectivity index (χ1n) is 5.83. The van der Waals surface area contributed by atoms with Crippen LogP contribution in [-0.2, 0) is 6.54 Å². The Bertz CT molecular complexity index is 604. The minimum atomic E-state index is -0.382. The Morgan fingerprint density at radius 2 is 2.21 bits per heavy atom. The summed E-state index contributed by atoms with van der Waals surface area (Å²) in [5.74, 6) is -0.0550. The van der Waals surface area contributed by atoms with E-state index >= 15 is 0 Å². The third kappa shape index (κ3) is 2.76. The quantitative estimate of drug-likeness (QED) is 0.915. The van der Waals surface area contributed by atoms with E-state index < -0.39 is 0 Å². The fourth-order valence-electron chi connectivity index (χ4n) is 1.61. The standard InChI is InChI=1S/C11H14ClN5O2/c1-4-13-10(18)11-14-8(16-19-11)5-17-7(3)9(12)6(2)15-17/h4-5H2,1-3H3,(H,13,18). The second-order valence-electron chi connectivity index (χ2n) is 4.02. The van der Waals surface area contributed by atoms with Crippen LogP contribution in [0.25, 0.3) is 0 Å². The predicted molar refractivity (Wildman–Crippen MR) is 68.1 cm³/mol. The van der Waals surface area contributed by atoms with Crippen molar-refractivity contribution in [2.75, 3.05) is 6.54 Å². The van der Waals surface area contributed by atoms with Crippen LogP contribution in [0.2, 0.25) is 5.02 Å². The number of aromatic nitrogens is 4. The number of rotatable bonds is 4. The fraction of sp³-hybridized carbons (Fsp3) is 0.455. The second-order valence-corrected chi connectivity index (χ2v) is 4.40. The van der Waals surface area contributed by atoms with Gasteiger partial charge in [0.15, 0.2) is 5.82 Å². The topological polar surface area (TPSA) is 85.8 Å². The van der Waals surface area contributed by atoms with E-state index in [-0.39, 0.29) is 11.8 Å². The Balaban J connectivity index is 2.16. The molecular weight excluding hydrogens is 270 g/mol. The monoisotopic (exact) mass is 283 g/mol. The largest absolute Gasteiger partial charge is 0.348 e. The van der Waals surface area contributed by atoms with E-state index in [4.69, 9.17) is 16.1 Å². The molecule has 0 aliphatic heterocycles. The molecule has 19 heavy (non-hydrogen) atoms. The van der Waals surface area contributed by atoms with E-state index in [2.05, 4.69) is 20.6 Å². The highest BCUT2D eigenvalue weighted by Gasteiger charge is 2.16. The van der Waals surface area contributed by atoms with Crippen LogP contribution < -0.4 is 5.32 Å². The highest BCUT2D eigenvalue weighted by atomic mass is 35.5. The molecular formula is C11H14ClN5O2. The molecule has 7 nitrogen and oxygen atoms in total. The van der Waals surface area contributed by atoms with Gasteiger partial charge >= 0.3 is 11.8 Å². The molecule has 0 spiro atoms. The van der Waals surface area contributed by atoms with Crippen LogP contribution >= 0.6 is 11.6 Å². The minimum Gasteiger partial charge on any atom is -0.348 e. The van der Waals surface area contributed by atoms with Gasteiger partial charge in [-0.15, -0.1) is 0 Å². The van der Waals surface area contributed by atoms with Crippen molar-refractivity contribution in [1.82, 2.24) is 25.2 Å². The predicted octanol–water partition coefficient (Wildman–Crippen LogP) is 1.33. The Morgan fingerprint density at radius 1 is 1.47 bits per heavy atom. The number of hydrogen-bond donors (Lipinski definition) is 1. The number of amides is 1. The highest BCUT2D eigenvalue weighted by molar-refractivity contribution is 6.31. The third-order valence-corrected chi connectivity index (χ3v) is 3.13. The van der Waals surface area contributed by atoms with E-state index in [0.29, 0.717) is 23.9 Å². The van der Waals surface area contributed by atoms with Gasteiger partial charge in [-0.25, -0.2) is 0 Å². The molecule has 2 heterocycles. The van der Waals surface area contributed by atoms with Crippen molar-refractivity contribution in [3.63, 3.8) is 0 Å². The van der Waals surface area contributed by atoms with Gasteiger partial charge in [-0.1, -0.05) is 16.8 Å². The molecule has 8 heteroatoms. The molecule has 102 valence electrons. The summed E-state index contributed by atoms with van der Waals surface area (Å²) in [6.45, 7) is 6.30. The van der Waals surface area contributed by atoms with Gasteiger partial charge < -0.3 is 9.84 Å². The van der Waals surface area contributed by atoms with Crippen LogP contribution in [0.3, 0.4) is 0 Å². The molecule has 1 N–H and O–H groups in total. The van der Waals surface area contributed by atoms with Crippen LogP contribution in [0.15, 0.2) is 4.52 Å². The normalized spacial score (nSPS) is 10.7. The molecule has 0 radical (unpaired) electrons. The Hall–Kier alpha value is -1.89. The molecule has 0 saturated carbocycles. The van der Waals surface area contributed by atoms with Gasteiger partial charge in [-0.3, -0.25) is 9.48 Å². The second kappa shape index (κ2) is 5.40. The van der Waals surface area contributed by atoms with Crippen LogP contribution in [0.5, 0.6) is 0 Å². The van der Waals surface area contributed by atoms with Crippen molar-refractivity contribution >= 4 is 17.5 Å². The Labute approximate surface area is 114 Å². The van der Waals surface area contributed by atoms with Gasteiger partial charge in [0.1, 0.15) is 6.54 Å². The van der Waals surface area contributed by atoms with Crippen LogP contribution in [0.4, 0.5) is 0 Å². The molecule has 0 bridgehead atoms. The maximum absolute atomic E-state index is 11.5. The first-order chi connectivity index (χ1) is 9.02. The van der Waals surface area contributed by atoms with Crippen LogP contribution in [-0.4, -0.2) is 32.4 Å². The molecule has 0 aliphatic rings. The van der Waals surface area contributed by atoms with Gasteiger partial charge in [0.05, 0.1) is 16.4 Å². The first kappa shape index (κ1) is 13.5. The first-order valence-corrected chi connectivity index (χ1v) is 6.21. The van der Waals surface area contributed by atoms with E-state index in [1.165, 1.54) is 0 Å². The van der Waals surface area contributed by atoms with Crippen molar-refractivity contribution in [1.29, 1.82) is 0 Å². The molecule has 2 aromatic rings. The van der Waals surface area contributed by atoms with E-state index in [9.17, 15) is 4.79 Å². The zero-order valence-corrected chi connectivity index (χ0v) is 11.7. The van der Waals surface area contributed by atoms with Crippen molar-refractivity contribution in [2.24, 2.45) is 0 Å². The number of nitrogens with one attached hydrogen (secondary N) is 1. The van der Waals surface area contributed by atoms with Gasteiger partial charge in [0.2, 0.25) is 0 Å². The van der Waals surface area contributed by atoms with Gasteiger partial charge in [-0.05, 0) is 20.8 Å². The van der Waals surface area contributed by atoms with Crippen molar-refractivity contribution in [3.8, 4) is 0 Å². The zero-order chi connectivity index (χ0) is 14.0. The van der Waals surface area contributed by atoms with Gasteiger partial charge in [-0.2, -0.15) is 10.1 Å². The highest BCUT2D eigenvalue weighted by Crippen LogP contribution is 2.19. The molecule has 2 rings (SSSR count). The van der Waals surface area contributed by atoms with Crippen LogP contribution in [0.1, 0.15) is 34.8 Å². The number of halogens is 1. The Morgan fingerprint density at radius 3 is 2.79 bits per heavy atom. The SMILES string of the molecule is CCNC(=O)c1nc(Cn2nc(C)c(Cl)c2C)no1. The average Bonchev–Trinajstić information content (AvgIpc) is 2.92. The Kier molecular flexibility index (Phi) is 3.84. The summed E-state index contributed by atoms with van der Waals surface area (Å²) in [7, 11) is 0. The minimum absolute atomic E-state index is 0.0514. The zero-order valence-electron chi connectivity index (χ0n) is 10.9. The maximum Gasteiger partial charge on any atom is 0.316 e. The van der Waals surface area contributed by atoms with Crippen molar-refractivity contribution in [3.05, 3.63) is 28.1 Å². The summed E-state index contributed by atoms with van der Waals surface area (Å²) in [4.78, 5) is 15.5. The van der Waals surface area contributed by atoms with E-state index in [0.717, 1.165) is 11.4 Å². The van der Waals surface area contributed by atoms with Crippen molar-refractivity contribution < 1.29 is 9.32 Å². The molecule has 1 amide bonds. The lowest BCUT2D eigenvalue weighted by molar-refractivity contribution is 0.0912. The molecule has 2 aromatic heterocycles. The lowest BCUT2D eigenvalue weighted by Gasteiger charge is -1.99. The number of carbonyl (C=O) groups is 1. The van der Waals surface area contributed by atoms with Crippen LogP contribution in [0, 0.1) is 13.8 Å². The summed E-state index contributed by atoms with van der Waals surface area (Å²) in [6.07, 6.45) is 0. The molecule has 0 saturated heterocycles. The van der Waals surface area contributed by atoms with Crippen molar-refractivity contribution in [2.45, 2.75) is 27.3 Å². The smallest absolute Gasteiger partial charge is 0.316 e. The lowest BCUT2D eigenvalue weighted by atomic mass is 10.4. The molecule has 0 atom stereocenters. The fourth-order valence-corrected chi connectivity index (χ4v) is 1.74. The summed E-state index contributed by atoms with van der Waals surface area (Å²) in [5, 5.41) is 11.2. The molecule has 0 fully saturated rings. The van der Waals surface area contributed by atoms with Gasteiger partial charge in [0, 0.05) is 6.54 Å². The maximum atomic E-state index is 11.5. The van der Waals surface area contributed by atoms with E-state index in [1.54, 1.807) is 4.68 Å². The molecule has 0 unspecified atom stereocenters. The summed E-state index contributed by atoms with van der Waals surface area (Å²) in [6, 6.07) is 0. The summed E-state index contributed by atoms with van der Waals surface area (Å²) < 4.78 is 6.55. The summed E-state index contributed by atoms with van der Waals surface area (Å²) in [5.41, 5.74) is 1.56. The lowest BCUT2D eigenvalue weighted by Crippen LogP contribution is -2.23. The number of nitrogens with zero attached hydrogens (tertiary/aromatic N) is 4. The number of carbonyl (C=O) groups excluding carboxylic acids is 1. The number of hydrogen-bond acceptors (Lipinski definition) is 5. The summed E-state index contributed by atoms with van der Waals surface area (Å²) >= 11 is 6.05. The number of aryl methyl sites for hydroxylation is 1. The van der Waals surface area contributed by atoms with E-state index in [1.807, 2.05) is 20.8 Å². The third-order valence-electron chi connectivity index (χ3n) is 2.58. The average molecular weight is 284 g/mol. The molecule has 0 aromatic carbocycles. The molecule has 0 aliphatic carbocycles. The van der Waals surface area contributed by atoms with Gasteiger partial charge in [0.25, 0.3) is 0 Å².